The Morgan fingerprint density at radius 1 is 1.28 bits per heavy atom. The first-order chi connectivity index (χ1) is 12.1. The van der Waals surface area contributed by atoms with Crippen LogP contribution in [0.4, 0.5) is 9.93 Å². The maximum absolute atomic E-state index is 11.9. The number of carbonyl (C=O) groups is 1. The highest BCUT2D eigenvalue weighted by Gasteiger charge is 2.09. The summed E-state index contributed by atoms with van der Waals surface area (Å²) in [4.78, 5) is 11.9. The van der Waals surface area contributed by atoms with Crippen molar-refractivity contribution in [2.75, 3.05) is 5.32 Å². The summed E-state index contributed by atoms with van der Waals surface area (Å²) in [5, 5.41) is 18.5. The third-order valence-corrected chi connectivity index (χ3v) is 4.09. The van der Waals surface area contributed by atoms with E-state index in [4.69, 9.17) is 4.74 Å². The fourth-order valence-corrected chi connectivity index (χ4v) is 2.68. The SMILES string of the molecule is Cc1ccc(OCc2nnc(NC(=O)NCc3cnn(C)c3)s2)cc1. The van der Waals surface area contributed by atoms with Crippen LogP contribution in [0, 0.1) is 6.92 Å². The van der Waals surface area contributed by atoms with E-state index in [1.165, 1.54) is 16.9 Å². The van der Waals surface area contributed by atoms with Gasteiger partial charge in [0.25, 0.3) is 0 Å². The number of aromatic nitrogens is 4. The van der Waals surface area contributed by atoms with Gasteiger partial charge < -0.3 is 10.1 Å². The summed E-state index contributed by atoms with van der Waals surface area (Å²) in [6.45, 7) is 2.72. The Morgan fingerprint density at radius 3 is 2.80 bits per heavy atom. The average Bonchev–Trinajstić information content (AvgIpc) is 3.21. The average molecular weight is 358 g/mol. The Bertz CT molecular complexity index is 842. The van der Waals surface area contributed by atoms with Crippen molar-refractivity contribution in [2.45, 2.75) is 20.1 Å². The van der Waals surface area contributed by atoms with Crippen molar-refractivity contribution in [3.63, 3.8) is 0 Å². The molecule has 0 spiro atoms. The number of nitrogens with one attached hydrogen (secondary N) is 2. The first kappa shape index (κ1) is 16.9. The molecule has 0 radical (unpaired) electrons. The molecule has 0 aliphatic heterocycles. The van der Waals surface area contributed by atoms with Crippen LogP contribution in [0.15, 0.2) is 36.7 Å². The first-order valence-corrected chi connectivity index (χ1v) is 8.44. The minimum atomic E-state index is -0.342. The van der Waals surface area contributed by atoms with Gasteiger partial charge in [0.05, 0.1) is 6.20 Å². The van der Waals surface area contributed by atoms with E-state index in [9.17, 15) is 4.79 Å². The number of anilines is 1. The molecule has 0 fully saturated rings. The van der Waals surface area contributed by atoms with E-state index < -0.39 is 0 Å². The predicted molar refractivity (Wildman–Crippen MR) is 94.5 cm³/mol. The molecule has 2 N–H and O–H groups in total. The monoisotopic (exact) mass is 358 g/mol. The van der Waals surface area contributed by atoms with Crippen LogP contribution in [-0.4, -0.2) is 26.0 Å². The molecule has 1 aromatic carbocycles. The van der Waals surface area contributed by atoms with Crippen molar-refractivity contribution in [3.8, 4) is 5.75 Å². The Kier molecular flexibility index (Phi) is 5.24. The predicted octanol–water partition coefficient (Wildman–Crippen LogP) is 2.48. The van der Waals surface area contributed by atoms with Crippen LogP contribution in [0.2, 0.25) is 0 Å². The second kappa shape index (κ2) is 7.75. The molecular formula is C16H18N6O2S. The molecule has 2 heterocycles. The van der Waals surface area contributed by atoms with Crippen molar-refractivity contribution in [1.29, 1.82) is 0 Å². The molecule has 0 saturated carbocycles. The number of hydrogen-bond acceptors (Lipinski definition) is 6. The van der Waals surface area contributed by atoms with Gasteiger partial charge in [0, 0.05) is 25.4 Å². The molecule has 2 amide bonds. The quantitative estimate of drug-likeness (QED) is 0.706. The fraction of sp³-hybridized carbons (Fsp3) is 0.250. The molecule has 130 valence electrons. The molecule has 2 aromatic heterocycles. The number of benzene rings is 1. The van der Waals surface area contributed by atoms with Crippen LogP contribution in [0.25, 0.3) is 0 Å². The van der Waals surface area contributed by atoms with Gasteiger partial charge in [0.15, 0.2) is 5.01 Å². The highest BCUT2D eigenvalue weighted by molar-refractivity contribution is 7.15. The lowest BCUT2D eigenvalue weighted by molar-refractivity contribution is 0.251. The second-order valence-electron chi connectivity index (χ2n) is 5.43. The number of ether oxygens (including phenoxy) is 1. The summed E-state index contributed by atoms with van der Waals surface area (Å²) < 4.78 is 7.32. The molecule has 0 unspecified atom stereocenters. The second-order valence-corrected chi connectivity index (χ2v) is 6.49. The van der Waals surface area contributed by atoms with Gasteiger partial charge in [0.2, 0.25) is 5.13 Å². The van der Waals surface area contributed by atoms with Crippen LogP contribution < -0.4 is 15.4 Å². The summed E-state index contributed by atoms with van der Waals surface area (Å²) in [5.74, 6) is 0.768. The number of urea groups is 1. The van der Waals surface area contributed by atoms with Crippen molar-refractivity contribution >= 4 is 22.5 Å². The van der Waals surface area contributed by atoms with Gasteiger partial charge in [0.1, 0.15) is 12.4 Å². The van der Waals surface area contributed by atoms with Gasteiger partial charge in [-0.1, -0.05) is 29.0 Å². The molecule has 9 heteroatoms. The van der Waals surface area contributed by atoms with E-state index in [1.54, 1.807) is 10.9 Å². The van der Waals surface area contributed by atoms with E-state index in [1.807, 2.05) is 44.4 Å². The van der Waals surface area contributed by atoms with Crippen molar-refractivity contribution in [1.82, 2.24) is 25.3 Å². The van der Waals surface area contributed by atoms with E-state index in [0.717, 1.165) is 11.3 Å². The Balaban J connectivity index is 1.45. The largest absolute Gasteiger partial charge is 0.486 e. The number of rotatable bonds is 6. The van der Waals surface area contributed by atoms with Crippen molar-refractivity contribution in [2.24, 2.45) is 7.05 Å². The molecular weight excluding hydrogens is 340 g/mol. The fourth-order valence-electron chi connectivity index (χ4n) is 2.03. The summed E-state index contributed by atoms with van der Waals surface area (Å²) in [5.41, 5.74) is 2.09. The Hall–Kier alpha value is -2.94. The third kappa shape index (κ3) is 5.01. The lowest BCUT2D eigenvalue weighted by atomic mass is 10.2. The standard InChI is InChI=1S/C16H18N6O2S/c1-11-3-5-13(6-4-11)24-10-14-20-21-16(25-14)19-15(23)17-7-12-8-18-22(2)9-12/h3-6,8-9H,7,10H2,1-2H3,(H2,17,19,21,23). The van der Waals surface area contributed by atoms with Gasteiger partial charge in [-0.25, -0.2) is 4.79 Å². The lowest BCUT2D eigenvalue weighted by Gasteiger charge is -2.03. The minimum absolute atomic E-state index is 0.305. The summed E-state index contributed by atoms with van der Waals surface area (Å²) >= 11 is 1.27. The molecule has 0 atom stereocenters. The number of amides is 2. The van der Waals surface area contributed by atoms with E-state index in [-0.39, 0.29) is 6.03 Å². The maximum atomic E-state index is 11.9. The molecule has 0 aliphatic carbocycles. The minimum Gasteiger partial charge on any atom is -0.486 e. The van der Waals surface area contributed by atoms with Crippen LogP contribution >= 0.6 is 11.3 Å². The summed E-state index contributed by atoms with van der Waals surface area (Å²) in [6, 6.07) is 7.43. The van der Waals surface area contributed by atoms with E-state index >= 15 is 0 Å². The van der Waals surface area contributed by atoms with Gasteiger partial charge >= 0.3 is 6.03 Å². The van der Waals surface area contributed by atoms with Gasteiger partial charge in [-0.15, -0.1) is 10.2 Å². The summed E-state index contributed by atoms with van der Waals surface area (Å²) in [6.07, 6.45) is 3.54. The zero-order valence-corrected chi connectivity index (χ0v) is 14.7. The van der Waals surface area contributed by atoms with E-state index in [2.05, 4.69) is 25.9 Å². The van der Waals surface area contributed by atoms with Crippen LogP contribution in [-0.2, 0) is 20.2 Å². The van der Waals surface area contributed by atoms with Gasteiger partial charge in [-0.2, -0.15) is 5.10 Å². The normalized spacial score (nSPS) is 10.5. The first-order valence-electron chi connectivity index (χ1n) is 7.63. The molecule has 25 heavy (non-hydrogen) atoms. The molecule has 3 rings (SSSR count). The zero-order valence-electron chi connectivity index (χ0n) is 13.9. The summed E-state index contributed by atoms with van der Waals surface area (Å²) in [7, 11) is 1.82. The molecule has 0 aliphatic rings. The van der Waals surface area contributed by atoms with Gasteiger partial charge in [-0.05, 0) is 19.1 Å². The van der Waals surface area contributed by atoms with Crippen LogP contribution in [0.5, 0.6) is 5.75 Å². The van der Waals surface area contributed by atoms with Crippen molar-refractivity contribution in [3.05, 3.63) is 52.8 Å². The number of carbonyl (C=O) groups excluding carboxylic acids is 1. The van der Waals surface area contributed by atoms with Crippen LogP contribution in [0.1, 0.15) is 16.1 Å². The Labute approximate surface area is 148 Å². The molecule has 8 nitrogen and oxygen atoms in total. The highest BCUT2D eigenvalue weighted by atomic mass is 32.1. The number of nitrogens with zero attached hydrogens (tertiary/aromatic N) is 4. The zero-order chi connectivity index (χ0) is 17.6. The topological polar surface area (TPSA) is 94.0 Å². The smallest absolute Gasteiger partial charge is 0.321 e. The molecule has 0 saturated heterocycles. The maximum Gasteiger partial charge on any atom is 0.321 e. The van der Waals surface area contributed by atoms with E-state index in [0.29, 0.717) is 23.3 Å². The third-order valence-electron chi connectivity index (χ3n) is 3.28. The lowest BCUT2D eigenvalue weighted by Crippen LogP contribution is -2.27. The van der Waals surface area contributed by atoms with Crippen LogP contribution in [0.3, 0.4) is 0 Å². The Morgan fingerprint density at radius 2 is 2.08 bits per heavy atom. The molecule has 3 aromatic rings. The van der Waals surface area contributed by atoms with Gasteiger partial charge in [-0.3, -0.25) is 10.00 Å². The highest BCUT2D eigenvalue weighted by Crippen LogP contribution is 2.18. The molecule has 0 bridgehead atoms. The number of hydrogen-bond donors (Lipinski definition) is 2. The van der Waals surface area contributed by atoms with Crippen molar-refractivity contribution < 1.29 is 9.53 Å². The number of aryl methyl sites for hydroxylation is 2.